The van der Waals surface area contributed by atoms with Crippen LogP contribution in [0.5, 0.6) is 0 Å². The van der Waals surface area contributed by atoms with Crippen molar-refractivity contribution in [3.8, 4) is 0 Å². The van der Waals surface area contributed by atoms with E-state index in [0.717, 1.165) is 16.8 Å². The number of hydrogen-bond acceptors (Lipinski definition) is 3. The number of carbonyl (C=O) groups excluding carboxylic acids is 1. The Morgan fingerprint density at radius 3 is 2.38 bits per heavy atom. The molecule has 0 aromatic heterocycles. The van der Waals surface area contributed by atoms with E-state index < -0.39 is 10.0 Å². The minimum absolute atomic E-state index is 0.0656. The zero-order valence-electron chi connectivity index (χ0n) is 15.5. The van der Waals surface area contributed by atoms with Crippen molar-refractivity contribution in [3.63, 3.8) is 0 Å². The molecule has 0 bridgehead atoms. The molecule has 4 rings (SSSR count). The van der Waals surface area contributed by atoms with Gasteiger partial charge in [-0.15, -0.1) is 0 Å². The number of fused-ring (bicyclic) bond motifs is 1. The fourth-order valence-electron chi connectivity index (χ4n) is 3.39. The number of halogens is 1. The third-order valence-corrected chi connectivity index (χ3v) is 6.49. The quantitative estimate of drug-likeness (QED) is 0.647. The molecule has 0 aliphatic carbocycles. The summed E-state index contributed by atoms with van der Waals surface area (Å²) in [5, 5.41) is 0.473. The third kappa shape index (κ3) is 4.28. The second-order valence-electron chi connectivity index (χ2n) is 6.87. The summed E-state index contributed by atoms with van der Waals surface area (Å²) in [5.41, 5.74) is 3.27. The van der Waals surface area contributed by atoms with E-state index in [1.165, 1.54) is 24.3 Å². The minimum atomic E-state index is -3.72. The van der Waals surface area contributed by atoms with Crippen LogP contribution < -0.4 is 9.62 Å². The molecule has 0 radical (unpaired) electrons. The van der Waals surface area contributed by atoms with E-state index in [1.807, 2.05) is 30.3 Å². The Kier molecular flexibility index (Phi) is 5.30. The molecule has 0 atom stereocenters. The first-order valence-electron chi connectivity index (χ1n) is 9.18. The standard InChI is InChI=1S/C22H19ClN2O3S/c23-18-7-10-20(11-8-18)29(27,28)24-19-9-12-21-17(14-19)6-13-22(26)25(21)15-16-4-2-1-3-5-16/h1-5,7-12,14,24H,6,13,15H2. The van der Waals surface area contributed by atoms with E-state index in [1.54, 1.807) is 23.1 Å². The molecule has 1 aliphatic heterocycles. The monoisotopic (exact) mass is 426 g/mol. The Labute approximate surface area is 175 Å². The van der Waals surface area contributed by atoms with Gasteiger partial charge in [0.1, 0.15) is 0 Å². The molecule has 1 aliphatic rings. The van der Waals surface area contributed by atoms with Gasteiger partial charge in [0.15, 0.2) is 0 Å². The van der Waals surface area contributed by atoms with Crippen LogP contribution >= 0.6 is 11.6 Å². The molecular formula is C22H19ClN2O3S. The molecule has 29 heavy (non-hydrogen) atoms. The van der Waals surface area contributed by atoms with Crippen molar-refractivity contribution in [2.45, 2.75) is 24.3 Å². The van der Waals surface area contributed by atoms with Crippen LogP contribution in [0.1, 0.15) is 17.5 Å². The molecule has 0 saturated heterocycles. The van der Waals surface area contributed by atoms with E-state index in [0.29, 0.717) is 30.1 Å². The van der Waals surface area contributed by atoms with E-state index >= 15 is 0 Å². The molecule has 1 heterocycles. The molecule has 0 saturated carbocycles. The molecule has 1 N–H and O–H groups in total. The van der Waals surface area contributed by atoms with Gasteiger partial charge in [-0.3, -0.25) is 9.52 Å². The average Bonchev–Trinajstić information content (AvgIpc) is 2.71. The number of nitrogens with one attached hydrogen (secondary N) is 1. The minimum Gasteiger partial charge on any atom is -0.308 e. The van der Waals surface area contributed by atoms with Crippen LogP contribution in [0.3, 0.4) is 0 Å². The van der Waals surface area contributed by atoms with Crippen molar-refractivity contribution < 1.29 is 13.2 Å². The van der Waals surface area contributed by atoms with Crippen LogP contribution in [0, 0.1) is 0 Å². The maximum Gasteiger partial charge on any atom is 0.261 e. The molecule has 7 heteroatoms. The average molecular weight is 427 g/mol. The Bertz CT molecular complexity index is 1150. The summed E-state index contributed by atoms with van der Waals surface area (Å²) < 4.78 is 27.8. The van der Waals surface area contributed by atoms with Crippen molar-refractivity contribution in [2.75, 3.05) is 9.62 Å². The lowest BCUT2D eigenvalue weighted by atomic mass is 10.00. The van der Waals surface area contributed by atoms with Gasteiger partial charge in [-0.05, 0) is 60.0 Å². The summed E-state index contributed by atoms with van der Waals surface area (Å²) in [4.78, 5) is 14.4. The molecule has 0 fully saturated rings. The molecule has 3 aromatic rings. The van der Waals surface area contributed by atoms with Gasteiger partial charge in [0, 0.05) is 22.8 Å². The summed E-state index contributed by atoms with van der Waals surface area (Å²) in [6, 6.07) is 21.1. The topological polar surface area (TPSA) is 66.5 Å². The second kappa shape index (κ2) is 7.89. The maximum atomic E-state index is 12.6. The molecular weight excluding hydrogens is 408 g/mol. The largest absolute Gasteiger partial charge is 0.308 e. The van der Waals surface area contributed by atoms with Gasteiger partial charge in [0.25, 0.3) is 10.0 Å². The molecule has 0 spiro atoms. The zero-order chi connectivity index (χ0) is 20.4. The van der Waals surface area contributed by atoms with Crippen LogP contribution in [-0.2, 0) is 27.8 Å². The molecule has 0 unspecified atom stereocenters. The number of carbonyl (C=O) groups is 1. The first-order valence-corrected chi connectivity index (χ1v) is 11.0. The van der Waals surface area contributed by atoms with Gasteiger partial charge in [-0.1, -0.05) is 41.9 Å². The van der Waals surface area contributed by atoms with Crippen LogP contribution in [0.2, 0.25) is 5.02 Å². The zero-order valence-corrected chi connectivity index (χ0v) is 17.1. The fraction of sp³-hybridized carbons (Fsp3) is 0.136. The number of hydrogen-bond donors (Lipinski definition) is 1. The number of amides is 1. The van der Waals surface area contributed by atoms with Crippen LogP contribution in [0.25, 0.3) is 0 Å². The normalized spacial score (nSPS) is 13.8. The summed E-state index contributed by atoms with van der Waals surface area (Å²) in [5.74, 6) is 0.0656. The Hall–Kier alpha value is -2.83. The summed E-state index contributed by atoms with van der Waals surface area (Å²) in [7, 11) is -3.72. The van der Waals surface area contributed by atoms with Gasteiger partial charge in [-0.2, -0.15) is 0 Å². The van der Waals surface area contributed by atoms with Crippen molar-refractivity contribution in [2.24, 2.45) is 0 Å². The second-order valence-corrected chi connectivity index (χ2v) is 8.99. The van der Waals surface area contributed by atoms with Crippen LogP contribution in [0.4, 0.5) is 11.4 Å². The smallest absolute Gasteiger partial charge is 0.261 e. The van der Waals surface area contributed by atoms with E-state index in [4.69, 9.17) is 11.6 Å². The Morgan fingerprint density at radius 1 is 0.931 bits per heavy atom. The molecule has 5 nitrogen and oxygen atoms in total. The van der Waals surface area contributed by atoms with E-state index in [2.05, 4.69) is 4.72 Å². The van der Waals surface area contributed by atoms with Crippen molar-refractivity contribution >= 4 is 38.9 Å². The Balaban J connectivity index is 1.60. The number of anilines is 2. The van der Waals surface area contributed by atoms with E-state index in [9.17, 15) is 13.2 Å². The molecule has 1 amide bonds. The lowest BCUT2D eigenvalue weighted by molar-refractivity contribution is -0.119. The third-order valence-electron chi connectivity index (χ3n) is 4.84. The van der Waals surface area contributed by atoms with Crippen molar-refractivity contribution in [1.82, 2.24) is 0 Å². The van der Waals surface area contributed by atoms with Crippen molar-refractivity contribution in [3.05, 3.63) is 88.9 Å². The van der Waals surface area contributed by atoms with Gasteiger partial charge in [0.2, 0.25) is 5.91 Å². The summed E-state index contributed by atoms with van der Waals surface area (Å²) >= 11 is 5.84. The summed E-state index contributed by atoms with van der Waals surface area (Å²) in [6.07, 6.45) is 0.975. The first kappa shape index (κ1) is 19.5. The fourth-order valence-corrected chi connectivity index (χ4v) is 4.57. The highest BCUT2D eigenvalue weighted by Crippen LogP contribution is 2.32. The highest BCUT2D eigenvalue weighted by atomic mass is 35.5. The number of benzene rings is 3. The highest BCUT2D eigenvalue weighted by Gasteiger charge is 2.25. The lowest BCUT2D eigenvalue weighted by Crippen LogP contribution is -2.34. The van der Waals surface area contributed by atoms with Crippen LogP contribution in [0.15, 0.2) is 77.7 Å². The number of sulfonamides is 1. The number of aryl methyl sites for hydroxylation is 1. The van der Waals surface area contributed by atoms with Crippen LogP contribution in [-0.4, -0.2) is 14.3 Å². The van der Waals surface area contributed by atoms with Crippen molar-refractivity contribution in [1.29, 1.82) is 0 Å². The van der Waals surface area contributed by atoms with E-state index in [-0.39, 0.29) is 10.8 Å². The number of rotatable bonds is 5. The lowest BCUT2D eigenvalue weighted by Gasteiger charge is -2.30. The molecule has 3 aromatic carbocycles. The summed E-state index contributed by atoms with van der Waals surface area (Å²) in [6.45, 7) is 0.489. The van der Waals surface area contributed by atoms with Gasteiger partial charge in [-0.25, -0.2) is 8.42 Å². The maximum absolute atomic E-state index is 12.6. The predicted octanol–water partition coefficient (Wildman–Crippen LogP) is 4.62. The first-order chi connectivity index (χ1) is 13.9. The van der Waals surface area contributed by atoms with Gasteiger partial charge < -0.3 is 4.90 Å². The predicted molar refractivity (Wildman–Crippen MR) is 115 cm³/mol. The number of nitrogens with zero attached hydrogens (tertiary/aromatic N) is 1. The SMILES string of the molecule is O=C1CCc2cc(NS(=O)(=O)c3ccc(Cl)cc3)ccc2N1Cc1ccccc1. The van der Waals surface area contributed by atoms with Gasteiger partial charge >= 0.3 is 0 Å². The Morgan fingerprint density at radius 2 is 1.66 bits per heavy atom. The van der Waals surface area contributed by atoms with Gasteiger partial charge in [0.05, 0.1) is 11.4 Å². The molecule has 148 valence electrons. The highest BCUT2D eigenvalue weighted by molar-refractivity contribution is 7.92.